The fourth-order valence-electron chi connectivity index (χ4n) is 1.18. The summed E-state index contributed by atoms with van der Waals surface area (Å²) in [5.74, 6) is 4.31. The van der Waals surface area contributed by atoms with Crippen LogP contribution in [0.15, 0.2) is 12.4 Å². The maximum atomic E-state index is 5.63. The van der Waals surface area contributed by atoms with E-state index in [1.807, 2.05) is 6.20 Å². The van der Waals surface area contributed by atoms with Gasteiger partial charge in [-0.3, -0.25) is 0 Å². The van der Waals surface area contributed by atoms with Crippen LogP contribution in [-0.4, -0.2) is 59.7 Å². The maximum Gasteiger partial charge on any atom is 0.139 e. The molecule has 0 spiro atoms. The third kappa shape index (κ3) is 8.25. The average molecular weight is 303 g/mol. The second-order valence-electron chi connectivity index (χ2n) is 6.16. The summed E-state index contributed by atoms with van der Waals surface area (Å²) in [5, 5.41) is 7.54. The highest BCUT2D eigenvalue weighted by Gasteiger charge is 2.03. The minimum Gasteiger partial charge on any atom is -0.358 e. The Bertz CT molecular complexity index is 458. The van der Waals surface area contributed by atoms with E-state index in [1.54, 1.807) is 10.9 Å². The molecule has 0 radical (unpaired) electrons. The smallest absolute Gasteiger partial charge is 0.139 e. The van der Waals surface area contributed by atoms with Crippen LogP contribution in [-0.2, 0) is 11.5 Å². The lowest BCUT2D eigenvalue weighted by Crippen LogP contribution is -2.10. The van der Waals surface area contributed by atoms with Crippen molar-refractivity contribution in [3.8, 4) is 11.2 Å². The summed E-state index contributed by atoms with van der Waals surface area (Å²) in [5.41, 5.74) is 0.965. The van der Waals surface area contributed by atoms with E-state index in [9.17, 15) is 0 Å². The third-order valence-corrected chi connectivity index (χ3v) is 4.30. The highest BCUT2D eigenvalue weighted by Crippen LogP contribution is 2.33. The minimum absolute atomic E-state index is 0.473. The molecule has 1 aromatic heterocycles. The Morgan fingerprint density at radius 1 is 1.21 bits per heavy atom. The molecule has 1 heterocycles. The van der Waals surface area contributed by atoms with Gasteiger partial charge in [0.25, 0.3) is 0 Å². The van der Waals surface area contributed by atoms with Crippen molar-refractivity contribution in [2.45, 2.75) is 6.73 Å². The van der Waals surface area contributed by atoms with E-state index in [2.05, 4.69) is 53.8 Å². The van der Waals surface area contributed by atoms with Crippen LogP contribution in [0.5, 0.6) is 0 Å². The standard InChI is InChI=1S/C14H26N2OS2/c1-18(2,3)9-7-14-11-15-16(12-14)13-17-8-10-19(4,5)6/h11-12H,8,10,13H2,1-6H3. The zero-order valence-corrected chi connectivity index (χ0v) is 14.5. The summed E-state index contributed by atoms with van der Waals surface area (Å²) in [6, 6.07) is 0. The van der Waals surface area contributed by atoms with Gasteiger partial charge in [0.1, 0.15) is 6.73 Å². The third-order valence-electron chi connectivity index (χ3n) is 2.20. The molecule has 5 heteroatoms. The Labute approximate surface area is 120 Å². The molecule has 110 valence electrons. The predicted molar refractivity (Wildman–Crippen MR) is 90.7 cm³/mol. The SMILES string of the molecule is CS(C)(C)C#Cc1cnn(COCCS(C)(C)C)c1. The maximum absolute atomic E-state index is 5.63. The van der Waals surface area contributed by atoms with Gasteiger partial charge in [-0.25, -0.2) is 14.7 Å². The Hall–Kier alpha value is -0.570. The molecule has 19 heavy (non-hydrogen) atoms. The first-order chi connectivity index (χ1) is 8.66. The molecular formula is C14H26N2OS2. The first-order valence-corrected chi connectivity index (χ1v) is 12.0. The summed E-state index contributed by atoms with van der Waals surface area (Å²) in [6.07, 6.45) is 17.2. The van der Waals surface area contributed by atoms with Gasteiger partial charge < -0.3 is 4.74 Å². The molecule has 0 aliphatic carbocycles. The molecule has 3 nitrogen and oxygen atoms in total. The molecule has 0 N–H and O–H groups in total. The number of ether oxygens (including phenoxy) is 1. The number of hydrogen-bond acceptors (Lipinski definition) is 2. The van der Waals surface area contributed by atoms with Crippen LogP contribution in [0.1, 0.15) is 5.56 Å². The van der Waals surface area contributed by atoms with E-state index >= 15 is 0 Å². The number of hydrogen-bond donors (Lipinski definition) is 0. The first-order valence-electron chi connectivity index (χ1n) is 6.13. The molecule has 0 aliphatic heterocycles. The van der Waals surface area contributed by atoms with Gasteiger partial charge in [0.2, 0.25) is 0 Å². The number of nitrogens with zero attached hydrogens (tertiary/aromatic N) is 2. The predicted octanol–water partition coefficient (Wildman–Crippen LogP) is 2.55. The van der Waals surface area contributed by atoms with E-state index in [1.165, 1.54) is 0 Å². The summed E-state index contributed by atoms with van der Waals surface area (Å²) < 4.78 is 7.44. The molecule has 1 aromatic rings. The van der Waals surface area contributed by atoms with Crippen LogP contribution in [0.2, 0.25) is 0 Å². The van der Waals surface area contributed by atoms with E-state index in [4.69, 9.17) is 4.74 Å². The second-order valence-corrected chi connectivity index (χ2v) is 14.6. The molecule has 0 saturated heterocycles. The van der Waals surface area contributed by atoms with Gasteiger partial charge in [-0.05, 0) is 42.8 Å². The zero-order chi connectivity index (χ0) is 14.5. The van der Waals surface area contributed by atoms with Crippen molar-refractivity contribution in [3.05, 3.63) is 18.0 Å². The lowest BCUT2D eigenvalue weighted by molar-refractivity contribution is 0.0809. The summed E-state index contributed by atoms with van der Waals surface area (Å²) in [7, 11) is -1.25. The zero-order valence-electron chi connectivity index (χ0n) is 12.9. The molecule has 0 saturated carbocycles. The van der Waals surface area contributed by atoms with E-state index < -0.39 is 20.1 Å². The van der Waals surface area contributed by atoms with Crippen molar-refractivity contribution in [1.82, 2.24) is 9.78 Å². The van der Waals surface area contributed by atoms with Crippen LogP contribution in [0.4, 0.5) is 0 Å². The van der Waals surface area contributed by atoms with Crippen molar-refractivity contribution in [2.24, 2.45) is 0 Å². The largest absolute Gasteiger partial charge is 0.358 e. The Kier molecular flexibility index (Phi) is 5.84. The molecule has 0 amide bonds. The number of aromatic nitrogens is 2. The summed E-state index contributed by atoms with van der Waals surface area (Å²) in [4.78, 5) is 0. The lowest BCUT2D eigenvalue weighted by atomic mass is 10.4. The van der Waals surface area contributed by atoms with Gasteiger partial charge in [-0.1, -0.05) is 5.92 Å². The van der Waals surface area contributed by atoms with Gasteiger partial charge in [-0.2, -0.15) is 15.1 Å². The van der Waals surface area contributed by atoms with Gasteiger partial charge in [0.05, 0.1) is 18.4 Å². The quantitative estimate of drug-likeness (QED) is 0.617. The fourth-order valence-corrected chi connectivity index (χ4v) is 2.22. The minimum atomic E-state index is -0.777. The van der Waals surface area contributed by atoms with Crippen molar-refractivity contribution >= 4 is 20.1 Å². The van der Waals surface area contributed by atoms with Gasteiger partial charge in [-0.15, -0.1) is 0 Å². The van der Waals surface area contributed by atoms with Crippen LogP contribution in [0.25, 0.3) is 0 Å². The molecule has 1 rings (SSSR count). The van der Waals surface area contributed by atoms with Crippen molar-refractivity contribution in [3.63, 3.8) is 0 Å². The van der Waals surface area contributed by atoms with Crippen LogP contribution in [0, 0.1) is 11.2 Å². The van der Waals surface area contributed by atoms with Crippen LogP contribution < -0.4 is 0 Å². The van der Waals surface area contributed by atoms with E-state index in [-0.39, 0.29) is 0 Å². The average Bonchev–Trinajstić information content (AvgIpc) is 2.67. The van der Waals surface area contributed by atoms with Crippen molar-refractivity contribution < 1.29 is 4.74 Å². The topological polar surface area (TPSA) is 27.1 Å². The fraction of sp³-hybridized carbons (Fsp3) is 0.643. The highest BCUT2D eigenvalue weighted by molar-refractivity contribution is 8.36. The van der Waals surface area contributed by atoms with E-state index in [0.717, 1.165) is 17.9 Å². The Morgan fingerprint density at radius 2 is 1.89 bits per heavy atom. The van der Waals surface area contributed by atoms with Crippen molar-refractivity contribution in [1.29, 1.82) is 0 Å². The molecule has 0 atom stereocenters. The van der Waals surface area contributed by atoms with Crippen molar-refractivity contribution in [2.75, 3.05) is 49.9 Å². The van der Waals surface area contributed by atoms with Crippen LogP contribution in [0.3, 0.4) is 0 Å². The molecule has 0 unspecified atom stereocenters. The van der Waals surface area contributed by atoms with Gasteiger partial charge in [0.15, 0.2) is 0 Å². The number of rotatable bonds is 5. The molecule has 0 bridgehead atoms. The second kappa shape index (κ2) is 6.74. The Balaban J connectivity index is 2.41. The highest BCUT2D eigenvalue weighted by atomic mass is 32.3. The van der Waals surface area contributed by atoms with Gasteiger partial charge in [0, 0.05) is 11.9 Å². The molecular weight excluding hydrogens is 276 g/mol. The van der Waals surface area contributed by atoms with Gasteiger partial charge >= 0.3 is 0 Å². The molecule has 0 aromatic carbocycles. The van der Waals surface area contributed by atoms with Crippen LogP contribution >= 0.6 is 20.1 Å². The summed E-state index contributed by atoms with van der Waals surface area (Å²) in [6.45, 7) is 1.31. The molecule has 0 fully saturated rings. The lowest BCUT2D eigenvalue weighted by Gasteiger charge is -2.24. The molecule has 0 aliphatic rings. The Morgan fingerprint density at radius 3 is 2.47 bits per heavy atom. The monoisotopic (exact) mass is 302 g/mol. The van der Waals surface area contributed by atoms with E-state index in [0.29, 0.717) is 6.73 Å². The summed E-state index contributed by atoms with van der Waals surface area (Å²) >= 11 is 0. The normalized spacial score (nSPS) is 13.8. The first kappa shape index (κ1) is 16.5.